The number of aromatic nitrogens is 1. The highest BCUT2D eigenvalue weighted by Crippen LogP contribution is 2.25. The van der Waals surface area contributed by atoms with Crippen LogP contribution in [-0.4, -0.2) is 24.3 Å². The number of sulfonamides is 1. The number of nitrogens with zero attached hydrogens (tertiary/aromatic N) is 2. The van der Waals surface area contributed by atoms with Crippen LogP contribution in [0.25, 0.3) is 10.9 Å². The lowest BCUT2D eigenvalue weighted by atomic mass is 10.1. The number of halogens is 2. The van der Waals surface area contributed by atoms with E-state index in [1.807, 2.05) is 6.92 Å². The second kappa shape index (κ2) is 7.70. The third-order valence-electron chi connectivity index (χ3n) is 4.07. The minimum atomic E-state index is -3.70. The molecule has 0 N–H and O–H groups in total. The molecule has 3 rings (SSSR count). The van der Waals surface area contributed by atoms with Crippen LogP contribution < -0.4 is 0 Å². The van der Waals surface area contributed by atoms with E-state index in [0.717, 1.165) is 0 Å². The van der Waals surface area contributed by atoms with Gasteiger partial charge in [0.1, 0.15) is 5.82 Å². The molecule has 26 heavy (non-hydrogen) atoms. The van der Waals surface area contributed by atoms with Crippen LogP contribution in [0, 0.1) is 5.82 Å². The molecule has 0 amide bonds. The van der Waals surface area contributed by atoms with Gasteiger partial charge in [-0.3, -0.25) is 4.98 Å². The Balaban J connectivity index is 2.02. The number of hydrogen-bond acceptors (Lipinski definition) is 3. The van der Waals surface area contributed by atoms with Crippen LogP contribution in [0.5, 0.6) is 0 Å². The van der Waals surface area contributed by atoms with Crippen LogP contribution in [0.2, 0.25) is 5.02 Å². The molecular formula is C19H18ClFN2O2S. The molecule has 0 saturated heterocycles. The largest absolute Gasteiger partial charge is 0.256 e. The fourth-order valence-electron chi connectivity index (χ4n) is 2.80. The van der Waals surface area contributed by atoms with Gasteiger partial charge in [-0.2, -0.15) is 4.31 Å². The van der Waals surface area contributed by atoms with Crippen molar-refractivity contribution in [2.45, 2.75) is 24.8 Å². The second-order valence-electron chi connectivity index (χ2n) is 5.90. The number of rotatable bonds is 6. The Bertz CT molecular complexity index is 1020. The zero-order valence-electron chi connectivity index (χ0n) is 14.2. The van der Waals surface area contributed by atoms with Crippen LogP contribution in [0.15, 0.2) is 59.6 Å². The average molecular weight is 393 g/mol. The molecule has 7 heteroatoms. The van der Waals surface area contributed by atoms with E-state index in [2.05, 4.69) is 4.98 Å². The molecule has 0 radical (unpaired) electrons. The van der Waals surface area contributed by atoms with E-state index >= 15 is 0 Å². The van der Waals surface area contributed by atoms with E-state index in [1.54, 1.807) is 36.5 Å². The third kappa shape index (κ3) is 3.72. The lowest BCUT2D eigenvalue weighted by Crippen LogP contribution is -2.31. The first kappa shape index (κ1) is 18.8. The number of benzene rings is 2. The van der Waals surface area contributed by atoms with Crippen molar-refractivity contribution in [3.05, 3.63) is 71.1 Å². The van der Waals surface area contributed by atoms with Crippen molar-refractivity contribution < 1.29 is 12.8 Å². The minimum Gasteiger partial charge on any atom is -0.256 e. The number of fused-ring (bicyclic) bond motifs is 1. The summed E-state index contributed by atoms with van der Waals surface area (Å²) in [5.41, 5.74) is 1.13. The third-order valence-corrected chi connectivity index (χ3v) is 6.18. The Labute approximate surface area is 157 Å². The highest BCUT2D eigenvalue weighted by atomic mass is 35.5. The summed E-state index contributed by atoms with van der Waals surface area (Å²) in [4.78, 5) is 4.42. The summed E-state index contributed by atoms with van der Waals surface area (Å²) >= 11 is 5.86. The van der Waals surface area contributed by atoms with Gasteiger partial charge in [0.15, 0.2) is 0 Å². The van der Waals surface area contributed by atoms with Gasteiger partial charge in [0.2, 0.25) is 10.0 Å². The van der Waals surface area contributed by atoms with Gasteiger partial charge >= 0.3 is 0 Å². The van der Waals surface area contributed by atoms with Crippen molar-refractivity contribution in [1.29, 1.82) is 0 Å². The van der Waals surface area contributed by atoms with Gasteiger partial charge in [-0.15, -0.1) is 0 Å². The molecule has 1 aromatic heterocycles. The highest BCUT2D eigenvalue weighted by molar-refractivity contribution is 7.89. The fourth-order valence-corrected chi connectivity index (χ4v) is 4.44. The molecular weight excluding hydrogens is 375 g/mol. The molecule has 136 valence electrons. The summed E-state index contributed by atoms with van der Waals surface area (Å²) in [6, 6.07) is 12.3. The molecule has 0 fully saturated rings. The molecule has 0 aliphatic heterocycles. The Morgan fingerprint density at radius 1 is 1.12 bits per heavy atom. The molecule has 1 heterocycles. The first-order chi connectivity index (χ1) is 12.4. The van der Waals surface area contributed by atoms with E-state index < -0.39 is 10.0 Å². The van der Waals surface area contributed by atoms with Crippen LogP contribution in [0.4, 0.5) is 4.39 Å². The molecule has 0 saturated carbocycles. The van der Waals surface area contributed by atoms with E-state index in [9.17, 15) is 12.8 Å². The van der Waals surface area contributed by atoms with Gasteiger partial charge in [0, 0.05) is 29.7 Å². The smallest absolute Gasteiger partial charge is 0.243 e. The van der Waals surface area contributed by atoms with Crippen LogP contribution in [-0.2, 0) is 16.6 Å². The van der Waals surface area contributed by atoms with Crippen molar-refractivity contribution in [1.82, 2.24) is 9.29 Å². The molecule has 4 nitrogen and oxygen atoms in total. The molecule has 0 bridgehead atoms. The zero-order valence-corrected chi connectivity index (χ0v) is 15.8. The lowest BCUT2D eigenvalue weighted by Gasteiger charge is -2.22. The zero-order chi connectivity index (χ0) is 18.7. The van der Waals surface area contributed by atoms with E-state index in [0.29, 0.717) is 34.5 Å². The highest BCUT2D eigenvalue weighted by Gasteiger charge is 2.25. The van der Waals surface area contributed by atoms with Gasteiger partial charge in [-0.05, 0) is 54.4 Å². The standard InChI is InChI=1S/C19H18ClFN2O2S/c1-2-12-23(26(24,25)16-8-6-15(20)7-9-16)13-14-5-10-18(21)17-4-3-11-22-19(14)17/h3-11H,2,12-13H2,1H3. The second-order valence-corrected chi connectivity index (χ2v) is 8.27. The number of hydrogen-bond donors (Lipinski definition) is 0. The molecule has 0 spiro atoms. The lowest BCUT2D eigenvalue weighted by molar-refractivity contribution is 0.406. The van der Waals surface area contributed by atoms with Crippen LogP contribution in [0.3, 0.4) is 0 Å². The predicted octanol–water partition coefficient (Wildman–Crippen LogP) is 4.63. The molecule has 0 atom stereocenters. The summed E-state index contributed by atoms with van der Waals surface area (Å²) in [6.07, 6.45) is 2.22. The Hall–Kier alpha value is -2.02. The summed E-state index contributed by atoms with van der Waals surface area (Å²) < 4.78 is 41.4. The van der Waals surface area contributed by atoms with Crippen LogP contribution >= 0.6 is 11.6 Å². The normalized spacial score (nSPS) is 12.0. The topological polar surface area (TPSA) is 50.3 Å². The summed E-state index contributed by atoms with van der Waals surface area (Å²) in [5, 5.41) is 0.852. The Kier molecular flexibility index (Phi) is 5.55. The first-order valence-electron chi connectivity index (χ1n) is 8.21. The molecule has 0 unspecified atom stereocenters. The van der Waals surface area contributed by atoms with Crippen molar-refractivity contribution >= 4 is 32.5 Å². The van der Waals surface area contributed by atoms with Crippen LogP contribution in [0.1, 0.15) is 18.9 Å². The maximum absolute atomic E-state index is 14.0. The Morgan fingerprint density at radius 3 is 2.54 bits per heavy atom. The van der Waals surface area contributed by atoms with E-state index in [4.69, 9.17) is 11.6 Å². The fraction of sp³-hybridized carbons (Fsp3) is 0.211. The Morgan fingerprint density at radius 2 is 1.85 bits per heavy atom. The summed E-state index contributed by atoms with van der Waals surface area (Å²) in [6.45, 7) is 2.37. The van der Waals surface area contributed by atoms with Gasteiger partial charge in [-0.1, -0.05) is 24.6 Å². The summed E-state index contributed by atoms with van der Waals surface area (Å²) in [5.74, 6) is -0.376. The minimum absolute atomic E-state index is 0.118. The maximum atomic E-state index is 14.0. The molecule has 0 aliphatic rings. The van der Waals surface area contributed by atoms with E-state index in [-0.39, 0.29) is 17.3 Å². The molecule has 0 aliphatic carbocycles. The van der Waals surface area contributed by atoms with Gasteiger partial charge in [0.05, 0.1) is 10.4 Å². The van der Waals surface area contributed by atoms with Gasteiger partial charge in [0.25, 0.3) is 0 Å². The van der Waals surface area contributed by atoms with E-state index in [1.165, 1.54) is 22.5 Å². The molecule has 2 aromatic carbocycles. The maximum Gasteiger partial charge on any atom is 0.243 e. The van der Waals surface area contributed by atoms with Crippen molar-refractivity contribution in [2.24, 2.45) is 0 Å². The predicted molar refractivity (Wildman–Crippen MR) is 101 cm³/mol. The average Bonchev–Trinajstić information content (AvgIpc) is 2.64. The van der Waals surface area contributed by atoms with Gasteiger partial charge in [-0.25, -0.2) is 12.8 Å². The van der Waals surface area contributed by atoms with Crippen molar-refractivity contribution in [2.75, 3.05) is 6.54 Å². The molecule has 3 aromatic rings. The van der Waals surface area contributed by atoms with Crippen molar-refractivity contribution in [3.63, 3.8) is 0 Å². The monoisotopic (exact) mass is 392 g/mol. The SMILES string of the molecule is CCCN(Cc1ccc(F)c2cccnc12)S(=O)(=O)c1ccc(Cl)cc1. The van der Waals surface area contributed by atoms with Crippen molar-refractivity contribution in [3.8, 4) is 0 Å². The quantitative estimate of drug-likeness (QED) is 0.614. The summed E-state index contributed by atoms with van der Waals surface area (Å²) in [7, 11) is -3.70. The first-order valence-corrected chi connectivity index (χ1v) is 10.0. The number of pyridine rings is 1. The van der Waals surface area contributed by atoms with Gasteiger partial charge < -0.3 is 0 Å².